The summed E-state index contributed by atoms with van der Waals surface area (Å²) in [7, 11) is 3.42. The Morgan fingerprint density at radius 1 is 1.00 bits per heavy atom. The maximum Gasteiger partial charge on any atom is 0.130 e. The van der Waals surface area contributed by atoms with Gasteiger partial charge in [-0.25, -0.2) is 0 Å². The second kappa shape index (κ2) is 6.93. The van der Waals surface area contributed by atoms with E-state index in [0.29, 0.717) is 12.1 Å². The van der Waals surface area contributed by atoms with Crippen LogP contribution in [0.15, 0.2) is 54.6 Å². The first-order chi connectivity index (χ1) is 12.3. The zero-order valence-electron chi connectivity index (χ0n) is 14.9. The number of methoxy groups -OCH3 is 2. The normalized spacial score (nSPS) is 22.6. The van der Waals surface area contributed by atoms with E-state index in [9.17, 15) is 0 Å². The Bertz CT molecular complexity index is 769. The van der Waals surface area contributed by atoms with Crippen LogP contribution in [0.2, 0.25) is 0 Å². The summed E-state index contributed by atoms with van der Waals surface area (Å²) >= 11 is 0. The number of hydrogen-bond donors (Lipinski definition) is 0. The van der Waals surface area contributed by atoms with Crippen LogP contribution in [0.5, 0.6) is 11.5 Å². The van der Waals surface area contributed by atoms with Crippen molar-refractivity contribution in [2.45, 2.75) is 37.9 Å². The van der Waals surface area contributed by atoms with Crippen molar-refractivity contribution in [3.63, 3.8) is 0 Å². The van der Waals surface area contributed by atoms with E-state index in [4.69, 9.17) is 9.47 Å². The zero-order valence-corrected chi connectivity index (χ0v) is 14.9. The van der Waals surface area contributed by atoms with Gasteiger partial charge in [0, 0.05) is 30.3 Å². The molecule has 0 amide bonds. The fourth-order valence-electron chi connectivity index (χ4n) is 4.22. The van der Waals surface area contributed by atoms with E-state index in [-0.39, 0.29) is 0 Å². The third-order valence-corrected chi connectivity index (χ3v) is 5.50. The lowest BCUT2D eigenvalue weighted by atomic mass is 9.93. The van der Waals surface area contributed by atoms with Crippen LogP contribution in [-0.4, -0.2) is 31.2 Å². The molecule has 25 heavy (non-hydrogen) atoms. The summed E-state index contributed by atoms with van der Waals surface area (Å²) in [5.74, 6) is 1.74. The summed E-state index contributed by atoms with van der Waals surface area (Å²) in [6, 6.07) is 18.1. The second-order valence-electron chi connectivity index (χ2n) is 6.92. The van der Waals surface area contributed by atoms with E-state index in [1.807, 2.05) is 12.1 Å². The van der Waals surface area contributed by atoms with Crippen LogP contribution in [0, 0.1) is 0 Å². The second-order valence-corrected chi connectivity index (χ2v) is 6.92. The minimum atomic E-state index is 0.528. The molecule has 3 heteroatoms. The molecule has 2 bridgehead atoms. The van der Waals surface area contributed by atoms with Crippen molar-refractivity contribution >= 4 is 5.57 Å². The first-order valence-electron chi connectivity index (χ1n) is 9.01. The van der Waals surface area contributed by atoms with Gasteiger partial charge in [0.05, 0.1) is 14.2 Å². The fourth-order valence-corrected chi connectivity index (χ4v) is 4.22. The maximum absolute atomic E-state index is 5.62. The smallest absolute Gasteiger partial charge is 0.130 e. The Morgan fingerprint density at radius 3 is 2.56 bits per heavy atom. The van der Waals surface area contributed by atoms with E-state index in [1.54, 1.807) is 14.2 Å². The van der Waals surface area contributed by atoms with Crippen molar-refractivity contribution in [3.8, 4) is 11.5 Å². The number of rotatable bonds is 5. The van der Waals surface area contributed by atoms with Crippen LogP contribution in [0.4, 0.5) is 0 Å². The molecule has 0 aromatic heterocycles. The maximum atomic E-state index is 5.62. The van der Waals surface area contributed by atoms with E-state index in [1.165, 1.54) is 29.5 Å². The van der Waals surface area contributed by atoms with Crippen molar-refractivity contribution < 1.29 is 9.47 Å². The minimum Gasteiger partial charge on any atom is -0.497 e. The average molecular weight is 335 g/mol. The summed E-state index contributed by atoms with van der Waals surface area (Å²) in [5.41, 5.74) is 4.02. The topological polar surface area (TPSA) is 21.7 Å². The predicted octanol–water partition coefficient (Wildman–Crippen LogP) is 4.52. The van der Waals surface area contributed by atoms with Crippen molar-refractivity contribution in [3.05, 3.63) is 65.7 Å². The van der Waals surface area contributed by atoms with E-state index in [2.05, 4.69) is 47.4 Å². The first-order valence-corrected chi connectivity index (χ1v) is 9.01. The van der Waals surface area contributed by atoms with Gasteiger partial charge in [0.15, 0.2) is 0 Å². The lowest BCUT2D eigenvalue weighted by molar-refractivity contribution is 0.203. The van der Waals surface area contributed by atoms with Crippen LogP contribution >= 0.6 is 0 Å². The molecule has 130 valence electrons. The summed E-state index contributed by atoms with van der Waals surface area (Å²) < 4.78 is 10.9. The summed E-state index contributed by atoms with van der Waals surface area (Å²) in [6.07, 6.45) is 6.07. The molecule has 0 spiro atoms. The standard InChI is InChI=1S/C22H25NO2/c1-24-20-10-11-21(22(14-20)25-2)17-12-18-8-9-19(13-17)23(18)15-16-6-4-3-5-7-16/h3-7,10-12,14,18-19H,8-9,13,15H2,1-2H3. The molecule has 2 unspecified atom stereocenters. The van der Waals surface area contributed by atoms with Crippen LogP contribution in [0.3, 0.4) is 0 Å². The Labute approximate surface area is 149 Å². The van der Waals surface area contributed by atoms with Gasteiger partial charge in [0.1, 0.15) is 11.5 Å². The molecule has 3 nitrogen and oxygen atoms in total. The van der Waals surface area contributed by atoms with Gasteiger partial charge < -0.3 is 9.47 Å². The minimum absolute atomic E-state index is 0.528. The molecular formula is C22H25NO2. The van der Waals surface area contributed by atoms with Crippen LogP contribution in [0.25, 0.3) is 5.57 Å². The number of fused-ring (bicyclic) bond motifs is 2. The highest BCUT2D eigenvalue weighted by Crippen LogP contribution is 2.42. The molecule has 2 heterocycles. The molecule has 1 fully saturated rings. The number of hydrogen-bond acceptors (Lipinski definition) is 3. The van der Waals surface area contributed by atoms with Crippen molar-refractivity contribution in [1.82, 2.24) is 4.90 Å². The third-order valence-electron chi connectivity index (χ3n) is 5.50. The van der Waals surface area contributed by atoms with Crippen molar-refractivity contribution in [1.29, 1.82) is 0 Å². The lowest BCUT2D eigenvalue weighted by Gasteiger charge is -2.34. The highest BCUT2D eigenvalue weighted by atomic mass is 16.5. The van der Waals surface area contributed by atoms with Gasteiger partial charge >= 0.3 is 0 Å². The van der Waals surface area contributed by atoms with Gasteiger partial charge in [-0.05, 0) is 42.5 Å². The van der Waals surface area contributed by atoms with E-state index in [0.717, 1.165) is 24.5 Å². The number of benzene rings is 2. The molecule has 2 aliphatic rings. The van der Waals surface area contributed by atoms with Crippen LogP contribution < -0.4 is 9.47 Å². The Hall–Kier alpha value is -2.26. The number of nitrogens with zero attached hydrogens (tertiary/aromatic N) is 1. The highest BCUT2D eigenvalue weighted by Gasteiger charge is 2.37. The monoisotopic (exact) mass is 335 g/mol. The average Bonchev–Trinajstić information content (AvgIpc) is 2.90. The quantitative estimate of drug-likeness (QED) is 0.801. The molecule has 1 saturated heterocycles. The summed E-state index contributed by atoms with van der Waals surface area (Å²) in [4.78, 5) is 2.66. The number of ether oxygens (including phenoxy) is 2. The molecule has 0 radical (unpaired) electrons. The molecule has 4 rings (SSSR count). The molecule has 0 aliphatic carbocycles. The third kappa shape index (κ3) is 3.16. The molecule has 2 aromatic rings. The largest absolute Gasteiger partial charge is 0.497 e. The van der Waals surface area contributed by atoms with Crippen LogP contribution in [0.1, 0.15) is 30.4 Å². The molecule has 2 aromatic carbocycles. The first kappa shape index (κ1) is 16.2. The Morgan fingerprint density at radius 2 is 1.84 bits per heavy atom. The lowest BCUT2D eigenvalue weighted by Crippen LogP contribution is -2.37. The van der Waals surface area contributed by atoms with Crippen LogP contribution in [-0.2, 0) is 6.54 Å². The Balaban J connectivity index is 1.59. The van der Waals surface area contributed by atoms with Crippen molar-refractivity contribution in [2.75, 3.05) is 14.2 Å². The molecule has 0 saturated carbocycles. The highest BCUT2D eigenvalue weighted by molar-refractivity contribution is 5.73. The molecule has 0 N–H and O–H groups in total. The fraction of sp³-hybridized carbons (Fsp3) is 0.364. The van der Waals surface area contributed by atoms with Gasteiger partial charge in [-0.15, -0.1) is 0 Å². The molecule has 2 atom stereocenters. The van der Waals surface area contributed by atoms with Gasteiger partial charge in [-0.2, -0.15) is 0 Å². The van der Waals surface area contributed by atoms with Crippen molar-refractivity contribution in [2.24, 2.45) is 0 Å². The van der Waals surface area contributed by atoms with Gasteiger partial charge in [-0.3, -0.25) is 4.90 Å². The molecular weight excluding hydrogens is 310 g/mol. The molecule has 2 aliphatic heterocycles. The van der Waals surface area contributed by atoms with E-state index >= 15 is 0 Å². The summed E-state index contributed by atoms with van der Waals surface area (Å²) in [6.45, 7) is 1.04. The SMILES string of the molecule is COc1ccc(C2=CC3CCC(C2)N3Cc2ccccc2)c(OC)c1. The summed E-state index contributed by atoms with van der Waals surface area (Å²) in [5, 5.41) is 0. The zero-order chi connectivity index (χ0) is 17.2. The van der Waals surface area contributed by atoms with Gasteiger partial charge in [-0.1, -0.05) is 36.4 Å². The van der Waals surface area contributed by atoms with E-state index < -0.39 is 0 Å². The predicted molar refractivity (Wildman–Crippen MR) is 101 cm³/mol. The Kier molecular flexibility index (Phi) is 4.50. The van der Waals surface area contributed by atoms with Gasteiger partial charge in [0.2, 0.25) is 0 Å². The van der Waals surface area contributed by atoms with Gasteiger partial charge in [0.25, 0.3) is 0 Å².